The predicted octanol–water partition coefficient (Wildman–Crippen LogP) is 2.97. The van der Waals surface area contributed by atoms with Crippen LogP contribution in [-0.2, 0) is 20.1 Å². The fraction of sp³-hybridized carbons (Fsp3) is 0.550. The van der Waals surface area contributed by atoms with Crippen molar-refractivity contribution in [1.82, 2.24) is 25.0 Å². The molecule has 1 N–H and O–H groups in total. The van der Waals surface area contributed by atoms with Gasteiger partial charge in [0.15, 0.2) is 17.5 Å². The van der Waals surface area contributed by atoms with Gasteiger partial charge in [-0.2, -0.15) is 5.10 Å². The fourth-order valence-electron chi connectivity index (χ4n) is 3.48. The van der Waals surface area contributed by atoms with Crippen molar-refractivity contribution in [3.63, 3.8) is 0 Å². The molecule has 1 aliphatic rings. The van der Waals surface area contributed by atoms with Gasteiger partial charge in [0.2, 0.25) is 0 Å². The first-order chi connectivity index (χ1) is 13.6. The number of benzene rings is 1. The zero-order chi connectivity index (χ0) is 19.9. The van der Waals surface area contributed by atoms with E-state index >= 15 is 0 Å². The Balaban J connectivity index is 0.00000300. The van der Waals surface area contributed by atoms with Gasteiger partial charge in [0.1, 0.15) is 12.2 Å². The minimum atomic E-state index is 0. The highest BCUT2D eigenvalue weighted by molar-refractivity contribution is 14.0. The van der Waals surface area contributed by atoms with Gasteiger partial charge in [0.05, 0.1) is 19.8 Å². The number of rotatable bonds is 7. The first kappa shape index (κ1) is 23.2. The van der Waals surface area contributed by atoms with Crippen LogP contribution >= 0.6 is 24.0 Å². The van der Waals surface area contributed by atoms with Crippen molar-refractivity contribution in [3.05, 3.63) is 35.9 Å². The minimum Gasteiger partial charge on any atom is -0.493 e. The average Bonchev–Trinajstić information content (AvgIpc) is 3.35. The zero-order valence-corrected chi connectivity index (χ0v) is 19.9. The van der Waals surface area contributed by atoms with Crippen LogP contribution in [0.5, 0.6) is 11.5 Å². The SMILES string of the molecule is CN=C(NCc1cccc(OC)c1OC1CCCC1)N(C)Cc1ncnn1C.I. The lowest BCUT2D eigenvalue weighted by Gasteiger charge is -2.23. The summed E-state index contributed by atoms with van der Waals surface area (Å²) in [7, 11) is 7.32. The molecule has 29 heavy (non-hydrogen) atoms. The summed E-state index contributed by atoms with van der Waals surface area (Å²) < 4.78 is 13.6. The standard InChI is InChI=1S/C20H30N6O2.HI/c1-21-20(25(2)13-18-23-14-24-26(18)3)22-12-15-8-7-11-17(27-4)19(15)28-16-9-5-6-10-16;/h7-8,11,14,16H,5-6,9-10,12-13H2,1-4H3,(H,21,22);1H. The zero-order valence-electron chi connectivity index (χ0n) is 17.6. The molecular formula is C20H31IN6O2. The number of nitrogens with zero attached hydrogens (tertiary/aromatic N) is 5. The van der Waals surface area contributed by atoms with Crippen molar-refractivity contribution in [2.75, 3.05) is 21.2 Å². The maximum absolute atomic E-state index is 6.32. The summed E-state index contributed by atoms with van der Waals surface area (Å²) in [6, 6.07) is 6.00. The highest BCUT2D eigenvalue weighted by Crippen LogP contribution is 2.34. The Morgan fingerprint density at radius 1 is 1.34 bits per heavy atom. The van der Waals surface area contributed by atoms with Crippen molar-refractivity contribution < 1.29 is 9.47 Å². The molecule has 0 bridgehead atoms. The van der Waals surface area contributed by atoms with Gasteiger partial charge >= 0.3 is 0 Å². The maximum Gasteiger partial charge on any atom is 0.194 e. The molecule has 0 radical (unpaired) electrons. The third-order valence-corrected chi connectivity index (χ3v) is 5.06. The monoisotopic (exact) mass is 514 g/mol. The summed E-state index contributed by atoms with van der Waals surface area (Å²) in [5, 5.41) is 7.53. The lowest BCUT2D eigenvalue weighted by molar-refractivity contribution is 0.198. The summed E-state index contributed by atoms with van der Waals surface area (Å²) >= 11 is 0. The molecule has 3 rings (SSSR count). The smallest absolute Gasteiger partial charge is 0.194 e. The first-order valence-electron chi connectivity index (χ1n) is 9.69. The Kier molecular flexibility index (Phi) is 8.99. The van der Waals surface area contributed by atoms with Crippen LogP contribution < -0.4 is 14.8 Å². The van der Waals surface area contributed by atoms with Crippen molar-refractivity contribution in [2.45, 2.75) is 44.9 Å². The highest BCUT2D eigenvalue weighted by atomic mass is 127. The molecule has 1 fully saturated rings. The summed E-state index contributed by atoms with van der Waals surface area (Å²) in [6.45, 7) is 1.20. The first-order valence-corrected chi connectivity index (χ1v) is 9.69. The summed E-state index contributed by atoms with van der Waals surface area (Å²) in [5.41, 5.74) is 1.06. The molecule has 9 heteroatoms. The Morgan fingerprint density at radius 2 is 2.10 bits per heavy atom. The van der Waals surface area contributed by atoms with Crippen molar-refractivity contribution in [3.8, 4) is 11.5 Å². The van der Waals surface area contributed by atoms with E-state index in [9.17, 15) is 0 Å². The maximum atomic E-state index is 6.32. The van der Waals surface area contributed by atoms with Gasteiger partial charge in [0, 0.05) is 33.3 Å². The Morgan fingerprint density at radius 3 is 2.72 bits per heavy atom. The number of hydrogen-bond acceptors (Lipinski definition) is 5. The number of aryl methyl sites for hydroxylation is 1. The summed E-state index contributed by atoms with van der Waals surface area (Å²) in [4.78, 5) is 10.7. The molecule has 1 aliphatic carbocycles. The molecule has 0 spiro atoms. The second kappa shape index (κ2) is 11.2. The molecule has 0 aliphatic heterocycles. The van der Waals surface area contributed by atoms with Crippen LogP contribution in [0.15, 0.2) is 29.5 Å². The lowest BCUT2D eigenvalue weighted by Crippen LogP contribution is -2.38. The van der Waals surface area contributed by atoms with Gasteiger partial charge in [-0.15, -0.1) is 24.0 Å². The van der Waals surface area contributed by atoms with Crippen LogP contribution in [0.2, 0.25) is 0 Å². The van der Waals surface area contributed by atoms with E-state index in [2.05, 4.69) is 26.5 Å². The highest BCUT2D eigenvalue weighted by Gasteiger charge is 2.21. The van der Waals surface area contributed by atoms with E-state index < -0.39 is 0 Å². The minimum absolute atomic E-state index is 0. The molecule has 0 amide bonds. The average molecular weight is 514 g/mol. The van der Waals surface area contributed by atoms with Gasteiger partial charge < -0.3 is 19.7 Å². The van der Waals surface area contributed by atoms with E-state index in [1.807, 2.05) is 31.1 Å². The fourth-order valence-corrected chi connectivity index (χ4v) is 3.48. The van der Waals surface area contributed by atoms with Gasteiger partial charge in [0.25, 0.3) is 0 Å². The van der Waals surface area contributed by atoms with Crippen molar-refractivity contribution >= 4 is 29.9 Å². The van der Waals surface area contributed by atoms with Crippen LogP contribution in [0, 0.1) is 0 Å². The number of nitrogens with one attached hydrogen (secondary N) is 1. The Hall–Kier alpha value is -2.04. The summed E-state index contributed by atoms with van der Waals surface area (Å²) in [5.74, 6) is 3.25. The van der Waals surface area contributed by atoms with E-state index in [0.717, 1.165) is 41.7 Å². The number of halogens is 1. The quantitative estimate of drug-likeness (QED) is 0.348. The topological polar surface area (TPSA) is 76.8 Å². The van der Waals surface area contributed by atoms with E-state index in [1.165, 1.54) is 12.8 Å². The number of guanidine groups is 1. The Bertz CT molecular complexity index is 804. The second-order valence-electron chi connectivity index (χ2n) is 7.03. The van der Waals surface area contributed by atoms with Crippen molar-refractivity contribution in [2.24, 2.45) is 12.0 Å². The number of ether oxygens (including phenoxy) is 2. The third kappa shape index (κ3) is 5.97. The van der Waals surface area contributed by atoms with Gasteiger partial charge in [-0.25, -0.2) is 4.98 Å². The molecule has 8 nitrogen and oxygen atoms in total. The third-order valence-electron chi connectivity index (χ3n) is 5.06. The molecule has 1 aromatic heterocycles. The predicted molar refractivity (Wildman–Crippen MR) is 124 cm³/mol. The summed E-state index contributed by atoms with van der Waals surface area (Å²) in [6.07, 6.45) is 6.50. The van der Waals surface area contributed by atoms with Crippen LogP contribution in [-0.4, -0.2) is 52.9 Å². The van der Waals surface area contributed by atoms with Gasteiger partial charge in [-0.1, -0.05) is 12.1 Å². The molecule has 1 saturated carbocycles. The van der Waals surface area contributed by atoms with Crippen LogP contribution in [0.1, 0.15) is 37.1 Å². The van der Waals surface area contributed by atoms with Gasteiger partial charge in [-0.3, -0.25) is 9.67 Å². The largest absolute Gasteiger partial charge is 0.493 e. The second-order valence-corrected chi connectivity index (χ2v) is 7.03. The molecule has 2 aromatic rings. The van der Waals surface area contributed by atoms with E-state index in [1.54, 1.807) is 25.2 Å². The van der Waals surface area contributed by atoms with E-state index in [0.29, 0.717) is 13.1 Å². The number of methoxy groups -OCH3 is 1. The van der Waals surface area contributed by atoms with E-state index in [4.69, 9.17) is 9.47 Å². The number of aliphatic imine (C=N–C) groups is 1. The number of aromatic nitrogens is 3. The molecule has 0 saturated heterocycles. The van der Waals surface area contributed by atoms with Crippen LogP contribution in [0.25, 0.3) is 0 Å². The van der Waals surface area contributed by atoms with Crippen LogP contribution in [0.3, 0.4) is 0 Å². The number of hydrogen-bond donors (Lipinski definition) is 1. The Labute approximate surface area is 189 Å². The molecule has 0 atom stereocenters. The number of para-hydroxylation sites is 1. The molecule has 1 aromatic carbocycles. The molecule has 1 heterocycles. The molecule has 160 valence electrons. The molecular weight excluding hydrogens is 483 g/mol. The molecule has 0 unspecified atom stereocenters. The normalized spacial score (nSPS) is 14.4. The van der Waals surface area contributed by atoms with Gasteiger partial charge in [-0.05, 0) is 31.7 Å². The lowest BCUT2D eigenvalue weighted by atomic mass is 10.1. The van der Waals surface area contributed by atoms with Crippen LogP contribution in [0.4, 0.5) is 0 Å². The van der Waals surface area contributed by atoms with E-state index in [-0.39, 0.29) is 30.1 Å². The van der Waals surface area contributed by atoms with Crippen molar-refractivity contribution in [1.29, 1.82) is 0 Å².